The van der Waals surface area contributed by atoms with Crippen molar-refractivity contribution in [3.63, 3.8) is 0 Å². The zero-order chi connectivity index (χ0) is 13.2. The maximum absolute atomic E-state index is 8.67. The molecule has 0 saturated heterocycles. The number of rotatable bonds is 9. The average Bonchev–Trinajstić information content (AvgIpc) is 2.42. The summed E-state index contributed by atoms with van der Waals surface area (Å²) in [6, 6.07) is 7.67. The molecule has 0 aliphatic rings. The molecular formula is C13H21NO3S. The van der Waals surface area contributed by atoms with Gasteiger partial charge < -0.3 is 9.84 Å². The van der Waals surface area contributed by atoms with E-state index >= 15 is 0 Å². The Labute approximate surface area is 113 Å². The average molecular weight is 271 g/mol. The van der Waals surface area contributed by atoms with Crippen molar-refractivity contribution >= 4 is 17.4 Å². The molecule has 5 heteroatoms. The molecule has 1 aromatic rings. The van der Waals surface area contributed by atoms with E-state index in [4.69, 9.17) is 14.7 Å². The normalized spacial score (nSPS) is 10.4. The van der Waals surface area contributed by atoms with Crippen molar-refractivity contribution in [1.82, 2.24) is 0 Å². The van der Waals surface area contributed by atoms with Gasteiger partial charge in [0, 0.05) is 12.3 Å². The van der Waals surface area contributed by atoms with E-state index in [1.165, 1.54) is 0 Å². The van der Waals surface area contributed by atoms with Gasteiger partial charge in [-0.3, -0.25) is 9.90 Å². The molecule has 0 amide bonds. The minimum absolute atomic E-state index is 0.0284. The standard InChI is InChI=1S/C13H21NO3S/c1-3-14(17-10-11-18-2)12-4-6-13(7-5-12)16-9-8-15/h4-7,15H,3,8-11H2,1-2H3. The van der Waals surface area contributed by atoms with Crippen LogP contribution in [0.15, 0.2) is 24.3 Å². The van der Waals surface area contributed by atoms with Gasteiger partial charge in [-0.25, -0.2) is 0 Å². The maximum Gasteiger partial charge on any atom is 0.119 e. The lowest BCUT2D eigenvalue weighted by atomic mass is 10.3. The van der Waals surface area contributed by atoms with E-state index in [2.05, 4.69) is 13.2 Å². The highest BCUT2D eigenvalue weighted by molar-refractivity contribution is 7.98. The van der Waals surface area contributed by atoms with E-state index < -0.39 is 0 Å². The van der Waals surface area contributed by atoms with Gasteiger partial charge in [0.1, 0.15) is 12.4 Å². The summed E-state index contributed by atoms with van der Waals surface area (Å²) in [7, 11) is 0. The number of hydrogen-bond donors (Lipinski definition) is 1. The highest BCUT2D eigenvalue weighted by Crippen LogP contribution is 2.19. The molecule has 1 aromatic carbocycles. The first-order chi connectivity index (χ1) is 8.81. The Bertz CT molecular complexity index is 319. The molecule has 18 heavy (non-hydrogen) atoms. The molecule has 0 unspecified atom stereocenters. The Kier molecular flexibility index (Phi) is 7.64. The SMILES string of the molecule is CCN(OCCSC)c1ccc(OCCO)cc1. The van der Waals surface area contributed by atoms with Gasteiger partial charge in [0.05, 0.1) is 18.9 Å². The van der Waals surface area contributed by atoms with E-state index in [1.54, 1.807) is 11.8 Å². The number of hydrogen-bond acceptors (Lipinski definition) is 5. The number of ether oxygens (including phenoxy) is 1. The van der Waals surface area contributed by atoms with Crippen LogP contribution in [0.25, 0.3) is 0 Å². The van der Waals surface area contributed by atoms with Crippen LogP contribution in [0.3, 0.4) is 0 Å². The number of aliphatic hydroxyl groups is 1. The number of hydroxylamine groups is 1. The number of thioether (sulfide) groups is 1. The summed E-state index contributed by atoms with van der Waals surface area (Å²) in [5, 5.41) is 10.5. The van der Waals surface area contributed by atoms with Gasteiger partial charge in [-0.2, -0.15) is 11.8 Å². The number of anilines is 1. The second kappa shape index (κ2) is 9.08. The first kappa shape index (κ1) is 15.1. The topological polar surface area (TPSA) is 41.9 Å². The summed E-state index contributed by atoms with van der Waals surface area (Å²) in [6.45, 7) is 3.90. The minimum Gasteiger partial charge on any atom is -0.491 e. The first-order valence-electron chi connectivity index (χ1n) is 6.05. The minimum atomic E-state index is 0.0284. The van der Waals surface area contributed by atoms with Crippen molar-refractivity contribution in [2.45, 2.75) is 6.92 Å². The van der Waals surface area contributed by atoms with E-state index in [0.29, 0.717) is 13.2 Å². The molecule has 0 spiro atoms. The molecule has 1 rings (SSSR count). The van der Waals surface area contributed by atoms with E-state index in [1.807, 2.05) is 29.3 Å². The predicted molar refractivity (Wildman–Crippen MR) is 76.4 cm³/mol. The molecule has 0 atom stereocenters. The van der Waals surface area contributed by atoms with Crippen LogP contribution in [0, 0.1) is 0 Å². The second-order valence-electron chi connectivity index (χ2n) is 3.59. The number of benzene rings is 1. The molecule has 0 bridgehead atoms. The third-order valence-electron chi connectivity index (χ3n) is 2.31. The number of aliphatic hydroxyl groups excluding tert-OH is 1. The van der Waals surface area contributed by atoms with Crippen LogP contribution in [-0.4, -0.2) is 43.5 Å². The number of nitrogens with zero attached hydrogens (tertiary/aromatic N) is 1. The third kappa shape index (κ3) is 5.16. The van der Waals surface area contributed by atoms with Crippen LogP contribution in [0.5, 0.6) is 5.75 Å². The van der Waals surface area contributed by atoms with Crippen LogP contribution in [0.2, 0.25) is 0 Å². The molecule has 4 nitrogen and oxygen atoms in total. The van der Waals surface area contributed by atoms with Crippen molar-refractivity contribution in [3.8, 4) is 5.75 Å². The summed E-state index contributed by atoms with van der Waals surface area (Å²) in [6.07, 6.45) is 2.06. The Balaban J connectivity index is 2.52. The molecule has 102 valence electrons. The third-order valence-corrected chi connectivity index (χ3v) is 2.88. The van der Waals surface area contributed by atoms with Crippen molar-refractivity contribution < 1.29 is 14.7 Å². The van der Waals surface area contributed by atoms with Crippen molar-refractivity contribution in [1.29, 1.82) is 0 Å². The lowest BCUT2D eigenvalue weighted by Gasteiger charge is -2.22. The van der Waals surface area contributed by atoms with Crippen molar-refractivity contribution in [2.24, 2.45) is 0 Å². The van der Waals surface area contributed by atoms with Crippen LogP contribution in [0.4, 0.5) is 5.69 Å². The Morgan fingerprint density at radius 1 is 1.22 bits per heavy atom. The monoisotopic (exact) mass is 271 g/mol. The molecule has 0 heterocycles. The fraction of sp³-hybridized carbons (Fsp3) is 0.538. The summed E-state index contributed by atoms with van der Waals surface area (Å²) in [5.41, 5.74) is 1.01. The van der Waals surface area contributed by atoms with Gasteiger partial charge in [-0.1, -0.05) is 0 Å². The van der Waals surface area contributed by atoms with Crippen molar-refractivity contribution in [2.75, 3.05) is 43.4 Å². The van der Waals surface area contributed by atoms with Crippen LogP contribution in [0.1, 0.15) is 6.92 Å². The van der Waals surface area contributed by atoms with E-state index in [-0.39, 0.29) is 6.61 Å². The molecular weight excluding hydrogens is 250 g/mol. The van der Waals surface area contributed by atoms with Gasteiger partial charge in [0.25, 0.3) is 0 Å². The predicted octanol–water partition coefficient (Wildman–Crippen LogP) is 2.18. The van der Waals surface area contributed by atoms with Crippen LogP contribution in [-0.2, 0) is 4.84 Å². The lowest BCUT2D eigenvalue weighted by Crippen LogP contribution is -2.24. The highest BCUT2D eigenvalue weighted by Gasteiger charge is 2.04. The fourth-order valence-corrected chi connectivity index (χ4v) is 1.69. The summed E-state index contributed by atoms with van der Waals surface area (Å²) in [4.78, 5) is 5.67. The fourth-order valence-electron chi connectivity index (χ4n) is 1.45. The second-order valence-corrected chi connectivity index (χ2v) is 4.57. The summed E-state index contributed by atoms with van der Waals surface area (Å²) >= 11 is 1.77. The summed E-state index contributed by atoms with van der Waals surface area (Å²) < 4.78 is 5.31. The van der Waals surface area contributed by atoms with E-state index in [0.717, 1.165) is 23.7 Å². The van der Waals surface area contributed by atoms with Gasteiger partial charge >= 0.3 is 0 Å². The molecule has 0 saturated carbocycles. The van der Waals surface area contributed by atoms with Gasteiger partial charge in [0.2, 0.25) is 0 Å². The van der Waals surface area contributed by atoms with Gasteiger partial charge in [0.15, 0.2) is 0 Å². The zero-order valence-corrected chi connectivity index (χ0v) is 11.8. The Morgan fingerprint density at radius 3 is 2.50 bits per heavy atom. The van der Waals surface area contributed by atoms with Crippen LogP contribution >= 0.6 is 11.8 Å². The Hall–Kier alpha value is -0.910. The molecule has 0 aliphatic carbocycles. The van der Waals surface area contributed by atoms with E-state index in [9.17, 15) is 0 Å². The lowest BCUT2D eigenvalue weighted by molar-refractivity contribution is 0.125. The highest BCUT2D eigenvalue weighted by atomic mass is 32.2. The molecule has 1 N–H and O–H groups in total. The molecule has 0 fully saturated rings. The first-order valence-corrected chi connectivity index (χ1v) is 7.44. The summed E-state index contributed by atoms with van der Waals surface area (Å²) in [5.74, 6) is 1.74. The largest absolute Gasteiger partial charge is 0.491 e. The zero-order valence-electron chi connectivity index (χ0n) is 11.0. The quantitative estimate of drug-likeness (QED) is 0.551. The van der Waals surface area contributed by atoms with Gasteiger partial charge in [-0.05, 0) is 37.4 Å². The molecule has 0 aliphatic heterocycles. The molecule has 0 aromatic heterocycles. The Morgan fingerprint density at radius 2 is 1.94 bits per heavy atom. The maximum atomic E-state index is 8.67. The van der Waals surface area contributed by atoms with Crippen molar-refractivity contribution in [3.05, 3.63) is 24.3 Å². The van der Waals surface area contributed by atoms with Crippen LogP contribution < -0.4 is 9.80 Å². The van der Waals surface area contributed by atoms with Gasteiger partial charge in [-0.15, -0.1) is 0 Å². The molecule has 0 radical (unpaired) electrons. The smallest absolute Gasteiger partial charge is 0.119 e.